The molecule has 0 aromatic rings. The third kappa shape index (κ3) is 6.26. The summed E-state index contributed by atoms with van der Waals surface area (Å²) < 4.78 is 0. The monoisotopic (exact) mass is 286 g/mol. The van der Waals surface area contributed by atoms with Gasteiger partial charge in [-0.15, -0.1) is 0 Å². The second-order valence-corrected chi connectivity index (χ2v) is 6.58. The number of carbonyl (C=O) groups excluding carboxylic acids is 1. The maximum absolute atomic E-state index is 12.3. The Hall–Kier alpha value is -1.26. The van der Waals surface area contributed by atoms with Crippen molar-refractivity contribution in [2.45, 2.75) is 72.9 Å². The Morgan fingerprint density at radius 2 is 1.75 bits per heavy atom. The van der Waals surface area contributed by atoms with Crippen LogP contribution in [0.3, 0.4) is 0 Å². The average molecular weight is 286 g/mol. The van der Waals surface area contributed by atoms with Gasteiger partial charge in [-0.25, -0.2) is 9.59 Å². The molecule has 2 amide bonds. The van der Waals surface area contributed by atoms with Gasteiger partial charge in [-0.2, -0.15) is 0 Å². The summed E-state index contributed by atoms with van der Waals surface area (Å²) >= 11 is 0. The summed E-state index contributed by atoms with van der Waals surface area (Å²) in [5, 5.41) is 11.9. The smallest absolute Gasteiger partial charge is 0.326 e. The van der Waals surface area contributed by atoms with E-state index < -0.39 is 17.4 Å². The summed E-state index contributed by atoms with van der Waals surface area (Å²) in [5.41, 5.74) is -0.520. The van der Waals surface area contributed by atoms with Gasteiger partial charge in [0.25, 0.3) is 0 Å². The topological polar surface area (TPSA) is 69.6 Å². The van der Waals surface area contributed by atoms with Crippen LogP contribution in [0.25, 0.3) is 0 Å². The third-order valence-electron chi connectivity index (χ3n) is 3.27. The van der Waals surface area contributed by atoms with Gasteiger partial charge in [-0.05, 0) is 25.7 Å². The Labute approximate surface area is 122 Å². The van der Waals surface area contributed by atoms with E-state index in [1.165, 1.54) is 0 Å². The van der Waals surface area contributed by atoms with Gasteiger partial charge in [-0.1, -0.05) is 40.5 Å². The number of hydrogen-bond donors (Lipinski definition) is 2. The van der Waals surface area contributed by atoms with Crippen molar-refractivity contribution in [1.82, 2.24) is 10.2 Å². The summed E-state index contributed by atoms with van der Waals surface area (Å²) in [5.74, 6) is -0.997. The lowest BCUT2D eigenvalue weighted by Gasteiger charge is -2.33. The number of nitrogens with one attached hydrogen (secondary N) is 1. The highest BCUT2D eigenvalue weighted by Gasteiger charge is 2.34. The minimum atomic E-state index is -0.997. The Balaban J connectivity index is 4.77. The van der Waals surface area contributed by atoms with Crippen LogP contribution >= 0.6 is 0 Å². The number of carbonyl (C=O) groups is 2. The van der Waals surface area contributed by atoms with Crippen molar-refractivity contribution in [1.29, 1.82) is 0 Å². The molecule has 0 saturated carbocycles. The first-order valence-corrected chi connectivity index (χ1v) is 7.41. The fraction of sp³-hybridized carbons (Fsp3) is 0.867. The second-order valence-electron chi connectivity index (χ2n) is 6.58. The summed E-state index contributed by atoms with van der Waals surface area (Å²) in [6, 6.07) is -1.12. The van der Waals surface area contributed by atoms with Crippen LogP contribution in [-0.4, -0.2) is 40.6 Å². The molecule has 0 aromatic carbocycles. The lowest BCUT2D eigenvalue weighted by Crippen LogP contribution is -2.54. The molecule has 5 nitrogen and oxygen atoms in total. The number of hydrogen-bond acceptors (Lipinski definition) is 2. The van der Waals surface area contributed by atoms with Gasteiger partial charge in [0.2, 0.25) is 0 Å². The van der Waals surface area contributed by atoms with Gasteiger partial charge in [0.15, 0.2) is 0 Å². The zero-order valence-corrected chi connectivity index (χ0v) is 13.7. The van der Waals surface area contributed by atoms with Crippen LogP contribution in [-0.2, 0) is 4.79 Å². The van der Waals surface area contributed by atoms with Crippen molar-refractivity contribution < 1.29 is 14.7 Å². The van der Waals surface area contributed by atoms with E-state index in [-0.39, 0.29) is 12.1 Å². The van der Waals surface area contributed by atoms with Crippen LogP contribution in [0.1, 0.15) is 60.8 Å². The molecule has 1 atom stereocenters. The van der Waals surface area contributed by atoms with E-state index in [2.05, 4.69) is 12.2 Å². The molecule has 0 bridgehead atoms. The van der Waals surface area contributed by atoms with Crippen molar-refractivity contribution in [2.75, 3.05) is 6.54 Å². The maximum atomic E-state index is 12.3. The number of aliphatic carboxylic acids is 1. The summed E-state index contributed by atoms with van der Waals surface area (Å²) in [6.07, 6.45) is 3.10. The van der Waals surface area contributed by atoms with Gasteiger partial charge in [0.05, 0.1) is 0 Å². The number of rotatable bonds is 7. The normalized spacial score (nSPS) is 13.2. The van der Waals surface area contributed by atoms with Crippen molar-refractivity contribution in [2.24, 2.45) is 5.41 Å². The molecule has 0 fully saturated rings. The molecule has 20 heavy (non-hydrogen) atoms. The molecule has 0 saturated heterocycles. The van der Waals surface area contributed by atoms with Crippen molar-refractivity contribution in [3.8, 4) is 0 Å². The average Bonchev–Trinajstić information content (AvgIpc) is 2.29. The van der Waals surface area contributed by atoms with E-state index in [4.69, 9.17) is 0 Å². The minimum Gasteiger partial charge on any atom is -0.480 e. The lowest BCUT2D eigenvalue weighted by molar-refractivity contribution is -0.142. The Kier molecular flexibility index (Phi) is 7.61. The van der Waals surface area contributed by atoms with E-state index in [9.17, 15) is 14.7 Å². The molecule has 0 unspecified atom stereocenters. The van der Waals surface area contributed by atoms with E-state index in [1.54, 1.807) is 4.90 Å². The van der Waals surface area contributed by atoms with Crippen LogP contribution in [0.15, 0.2) is 0 Å². The van der Waals surface area contributed by atoms with Crippen molar-refractivity contribution >= 4 is 12.0 Å². The largest absolute Gasteiger partial charge is 0.480 e. The van der Waals surface area contributed by atoms with Gasteiger partial charge in [0, 0.05) is 12.6 Å². The number of unbranched alkanes of at least 4 members (excludes halogenated alkanes) is 2. The first kappa shape index (κ1) is 18.7. The molecule has 0 radical (unpaired) electrons. The van der Waals surface area contributed by atoms with Gasteiger partial charge < -0.3 is 15.3 Å². The molecule has 0 spiro atoms. The predicted octanol–water partition coefficient (Wildman–Crippen LogP) is 3.10. The van der Waals surface area contributed by atoms with E-state index in [0.717, 1.165) is 19.3 Å². The Bertz CT molecular complexity index is 322. The summed E-state index contributed by atoms with van der Waals surface area (Å²) in [6.45, 7) is 12.1. The lowest BCUT2D eigenvalue weighted by atomic mass is 9.87. The second kappa shape index (κ2) is 8.12. The highest BCUT2D eigenvalue weighted by Crippen LogP contribution is 2.20. The first-order chi connectivity index (χ1) is 9.11. The number of nitrogens with zero attached hydrogens (tertiary/aromatic N) is 1. The van der Waals surface area contributed by atoms with Crippen molar-refractivity contribution in [3.05, 3.63) is 0 Å². The van der Waals surface area contributed by atoms with Crippen LogP contribution in [0.5, 0.6) is 0 Å². The van der Waals surface area contributed by atoms with Crippen molar-refractivity contribution in [3.63, 3.8) is 0 Å². The molecular weight excluding hydrogens is 256 g/mol. The third-order valence-corrected chi connectivity index (χ3v) is 3.27. The molecule has 0 aliphatic heterocycles. The molecule has 0 rings (SSSR count). The number of urea groups is 1. The number of carboxylic acids is 1. The zero-order valence-electron chi connectivity index (χ0n) is 13.7. The number of carboxylic acid groups (broad SMARTS) is 1. The summed E-state index contributed by atoms with van der Waals surface area (Å²) in [4.78, 5) is 25.3. The van der Waals surface area contributed by atoms with Gasteiger partial charge >= 0.3 is 12.0 Å². The quantitative estimate of drug-likeness (QED) is 0.707. The van der Waals surface area contributed by atoms with E-state index >= 15 is 0 Å². The standard InChI is InChI=1S/C15H30N2O3/c1-7-8-9-10-17(11(2)3)14(20)16-12(13(18)19)15(4,5)6/h11-12H,7-10H2,1-6H3,(H,16,20)(H,18,19)/t12-/m1/s1. The highest BCUT2D eigenvalue weighted by molar-refractivity contribution is 5.83. The molecule has 0 aliphatic rings. The molecular formula is C15H30N2O3. The SMILES string of the molecule is CCCCCN(C(=O)N[C@H](C(=O)O)C(C)(C)C)C(C)C. The van der Waals surface area contributed by atoms with Crippen LogP contribution in [0.2, 0.25) is 0 Å². The molecule has 0 aliphatic carbocycles. The summed E-state index contributed by atoms with van der Waals surface area (Å²) in [7, 11) is 0. The minimum absolute atomic E-state index is 0.0567. The Morgan fingerprint density at radius 3 is 2.10 bits per heavy atom. The van der Waals surface area contributed by atoms with Crippen LogP contribution < -0.4 is 5.32 Å². The van der Waals surface area contributed by atoms with Gasteiger partial charge in [0.1, 0.15) is 6.04 Å². The molecule has 0 heterocycles. The first-order valence-electron chi connectivity index (χ1n) is 7.41. The molecule has 118 valence electrons. The van der Waals surface area contributed by atoms with Crippen LogP contribution in [0.4, 0.5) is 4.79 Å². The van der Waals surface area contributed by atoms with E-state index in [1.807, 2.05) is 34.6 Å². The predicted molar refractivity (Wildman–Crippen MR) is 80.8 cm³/mol. The highest BCUT2D eigenvalue weighted by atomic mass is 16.4. The Morgan fingerprint density at radius 1 is 1.20 bits per heavy atom. The van der Waals surface area contributed by atoms with Crippen LogP contribution in [0, 0.1) is 5.41 Å². The molecule has 5 heteroatoms. The number of amides is 2. The molecule has 0 aromatic heterocycles. The maximum Gasteiger partial charge on any atom is 0.326 e. The van der Waals surface area contributed by atoms with Gasteiger partial charge in [-0.3, -0.25) is 0 Å². The zero-order chi connectivity index (χ0) is 15.9. The fourth-order valence-corrected chi connectivity index (χ4v) is 1.98. The molecule has 2 N–H and O–H groups in total. The van der Waals surface area contributed by atoms with E-state index in [0.29, 0.717) is 6.54 Å². The fourth-order valence-electron chi connectivity index (χ4n) is 1.98.